The molecule has 1 unspecified atom stereocenters. The molecule has 0 heterocycles. The Morgan fingerprint density at radius 2 is 1.88 bits per heavy atom. The van der Waals surface area contributed by atoms with Crippen molar-refractivity contribution in [2.45, 2.75) is 26.4 Å². The first-order chi connectivity index (χ1) is 7.69. The standard InChI is InChI=1S/C13H20FNO/c1-3-15(4-2)10-9-13(16)11-7-5-6-8-12(11)14/h5-8,13,16H,3-4,9-10H2,1-2H3. The second-order valence-electron chi connectivity index (χ2n) is 3.85. The van der Waals surface area contributed by atoms with Gasteiger partial charge in [0, 0.05) is 12.1 Å². The van der Waals surface area contributed by atoms with Gasteiger partial charge in [0.2, 0.25) is 0 Å². The minimum absolute atomic E-state index is 0.324. The van der Waals surface area contributed by atoms with Gasteiger partial charge >= 0.3 is 0 Å². The van der Waals surface area contributed by atoms with Gasteiger partial charge < -0.3 is 10.0 Å². The molecule has 2 nitrogen and oxygen atoms in total. The summed E-state index contributed by atoms with van der Waals surface area (Å²) < 4.78 is 13.4. The Bertz CT molecular complexity index is 313. The summed E-state index contributed by atoms with van der Waals surface area (Å²) in [5.74, 6) is -0.324. The molecular weight excluding hydrogens is 205 g/mol. The van der Waals surface area contributed by atoms with Crippen molar-refractivity contribution in [1.29, 1.82) is 0 Å². The quantitative estimate of drug-likeness (QED) is 0.804. The minimum atomic E-state index is -0.707. The Balaban J connectivity index is 2.52. The smallest absolute Gasteiger partial charge is 0.128 e. The summed E-state index contributed by atoms with van der Waals surface area (Å²) >= 11 is 0. The van der Waals surface area contributed by atoms with Crippen LogP contribution in [0, 0.1) is 5.82 Å². The maximum atomic E-state index is 13.4. The van der Waals surface area contributed by atoms with Gasteiger partial charge in [-0.2, -0.15) is 0 Å². The summed E-state index contributed by atoms with van der Waals surface area (Å²) in [6.07, 6.45) is -0.135. The molecule has 1 aromatic carbocycles. The summed E-state index contributed by atoms with van der Waals surface area (Å²) in [6, 6.07) is 6.41. The highest BCUT2D eigenvalue weighted by molar-refractivity contribution is 5.19. The molecule has 0 saturated heterocycles. The number of halogens is 1. The second-order valence-corrected chi connectivity index (χ2v) is 3.85. The second kappa shape index (κ2) is 6.61. The molecule has 0 radical (unpaired) electrons. The summed E-state index contributed by atoms with van der Waals surface area (Å²) in [5, 5.41) is 9.87. The van der Waals surface area contributed by atoms with Gasteiger partial charge in [0.05, 0.1) is 6.10 Å². The van der Waals surface area contributed by atoms with Crippen molar-refractivity contribution < 1.29 is 9.50 Å². The van der Waals surface area contributed by atoms with Crippen LogP contribution < -0.4 is 0 Å². The third-order valence-electron chi connectivity index (χ3n) is 2.88. The van der Waals surface area contributed by atoms with E-state index in [1.165, 1.54) is 6.07 Å². The van der Waals surface area contributed by atoms with Crippen LogP contribution in [0.1, 0.15) is 31.9 Å². The lowest BCUT2D eigenvalue weighted by atomic mass is 10.1. The van der Waals surface area contributed by atoms with Crippen molar-refractivity contribution in [3.05, 3.63) is 35.6 Å². The monoisotopic (exact) mass is 225 g/mol. The van der Waals surface area contributed by atoms with E-state index in [1.54, 1.807) is 18.2 Å². The Hall–Kier alpha value is -0.930. The molecule has 0 aliphatic rings. The van der Waals surface area contributed by atoms with Crippen molar-refractivity contribution in [3.63, 3.8) is 0 Å². The fourth-order valence-corrected chi connectivity index (χ4v) is 1.75. The van der Waals surface area contributed by atoms with Gasteiger partial charge in [0.1, 0.15) is 5.82 Å². The number of hydrogen-bond acceptors (Lipinski definition) is 2. The molecule has 1 aromatic rings. The molecule has 0 aromatic heterocycles. The van der Waals surface area contributed by atoms with Gasteiger partial charge in [0.25, 0.3) is 0 Å². The Morgan fingerprint density at radius 1 is 1.25 bits per heavy atom. The molecule has 16 heavy (non-hydrogen) atoms. The van der Waals surface area contributed by atoms with Gasteiger partial charge in [0.15, 0.2) is 0 Å². The van der Waals surface area contributed by atoms with Crippen LogP contribution in [0.15, 0.2) is 24.3 Å². The lowest BCUT2D eigenvalue weighted by Crippen LogP contribution is -2.25. The fourth-order valence-electron chi connectivity index (χ4n) is 1.75. The van der Waals surface area contributed by atoms with E-state index < -0.39 is 6.10 Å². The lowest BCUT2D eigenvalue weighted by molar-refractivity contribution is 0.141. The van der Waals surface area contributed by atoms with Crippen molar-refractivity contribution >= 4 is 0 Å². The third-order valence-corrected chi connectivity index (χ3v) is 2.88. The molecule has 1 atom stereocenters. The first-order valence-electron chi connectivity index (χ1n) is 5.83. The van der Waals surface area contributed by atoms with E-state index in [-0.39, 0.29) is 5.82 Å². The Morgan fingerprint density at radius 3 is 2.44 bits per heavy atom. The van der Waals surface area contributed by atoms with Crippen LogP contribution in [0.5, 0.6) is 0 Å². The van der Waals surface area contributed by atoms with Crippen LogP contribution in [0.25, 0.3) is 0 Å². The van der Waals surface area contributed by atoms with Crippen molar-refractivity contribution in [2.75, 3.05) is 19.6 Å². The van der Waals surface area contributed by atoms with E-state index in [2.05, 4.69) is 18.7 Å². The topological polar surface area (TPSA) is 23.5 Å². The van der Waals surface area contributed by atoms with Crippen LogP contribution in [-0.4, -0.2) is 29.6 Å². The van der Waals surface area contributed by atoms with E-state index in [0.717, 1.165) is 19.6 Å². The number of benzene rings is 1. The molecule has 0 fully saturated rings. The van der Waals surface area contributed by atoms with Crippen LogP contribution >= 0.6 is 0 Å². The Labute approximate surface area is 96.7 Å². The summed E-state index contributed by atoms with van der Waals surface area (Å²) in [7, 11) is 0. The average molecular weight is 225 g/mol. The zero-order valence-corrected chi connectivity index (χ0v) is 9.99. The van der Waals surface area contributed by atoms with Gasteiger partial charge in [-0.3, -0.25) is 0 Å². The van der Waals surface area contributed by atoms with Crippen molar-refractivity contribution in [1.82, 2.24) is 4.90 Å². The van der Waals surface area contributed by atoms with Crippen molar-refractivity contribution in [2.24, 2.45) is 0 Å². The minimum Gasteiger partial charge on any atom is -0.388 e. The molecule has 0 aliphatic carbocycles. The molecule has 1 N–H and O–H groups in total. The van der Waals surface area contributed by atoms with Crippen LogP contribution in [0.4, 0.5) is 4.39 Å². The van der Waals surface area contributed by atoms with Gasteiger partial charge in [-0.05, 0) is 25.6 Å². The molecule has 0 spiro atoms. The maximum absolute atomic E-state index is 13.4. The molecule has 0 saturated carbocycles. The van der Waals surface area contributed by atoms with E-state index in [9.17, 15) is 9.50 Å². The van der Waals surface area contributed by atoms with Gasteiger partial charge in [-0.15, -0.1) is 0 Å². The highest BCUT2D eigenvalue weighted by atomic mass is 19.1. The van der Waals surface area contributed by atoms with E-state index in [1.807, 2.05) is 0 Å². The van der Waals surface area contributed by atoms with Gasteiger partial charge in [-0.1, -0.05) is 32.0 Å². The molecule has 0 aliphatic heterocycles. The van der Waals surface area contributed by atoms with Crippen LogP contribution in [0.3, 0.4) is 0 Å². The van der Waals surface area contributed by atoms with Crippen LogP contribution in [-0.2, 0) is 0 Å². The maximum Gasteiger partial charge on any atom is 0.128 e. The zero-order chi connectivity index (χ0) is 12.0. The summed E-state index contributed by atoms with van der Waals surface area (Å²) in [4.78, 5) is 2.21. The molecule has 0 amide bonds. The van der Waals surface area contributed by atoms with Gasteiger partial charge in [-0.25, -0.2) is 4.39 Å². The van der Waals surface area contributed by atoms with E-state index in [4.69, 9.17) is 0 Å². The number of hydrogen-bond donors (Lipinski definition) is 1. The number of aliphatic hydroxyl groups excluding tert-OH is 1. The highest BCUT2D eigenvalue weighted by Gasteiger charge is 2.12. The number of aliphatic hydroxyl groups is 1. The average Bonchev–Trinajstić information content (AvgIpc) is 2.30. The first kappa shape index (κ1) is 13.1. The predicted octanol–water partition coefficient (Wildman–Crippen LogP) is 2.59. The van der Waals surface area contributed by atoms with E-state index in [0.29, 0.717) is 12.0 Å². The van der Waals surface area contributed by atoms with Crippen molar-refractivity contribution in [3.8, 4) is 0 Å². The molecule has 3 heteroatoms. The van der Waals surface area contributed by atoms with Crippen LogP contribution in [0.2, 0.25) is 0 Å². The summed E-state index contributed by atoms with van der Waals surface area (Å²) in [6.45, 7) is 6.88. The molecule has 90 valence electrons. The predicted molar refractivity (Wildman–Crippen MR) is 63.8 cm³/mol. The zero-order valence-electron chi connectivity index (χ0n) is 9.99. The Kier molecular flexibility index (Phi) is 5.43. The molecule has 1 rings (SSSR count). The molecular formula is C13H20FNO. The fraction of sp³-hybridized carbons (Fsp3) is 0.538. The number of nitrogens with zero attached hydrogens (tertiary/aromatic N) is 1. The normalized spacial score (nSPS) is 13.1. The summed E-state index contributed by atoms with van der Waals surface area (Å²) in [5.41, 5.74) is 0.398. The highest BCUT2D eigenvalue weighted by Crippen LogP contribution is 2.19. The number of rotatable bonds is 6. The third kappa shape index (κ3) is 3.58. The SMILES string of the molecule is CCN(CC)CCC(O)c1ccccc1F. The largest absolute Gasteiger partial charge is 0.388 e. The van der Waals surface area contributed by atoms with E-state index >= 15 is 0 Å². The molecule has 0 bridgehead atoms. The first-order valence-corrected chi connectivity index (χ1v) is 5.83. The lowest BCUT2D eigenvalue weighted by Gasteiger charge is -2.20.